The second-order valence-electron chi connectivity index (χ2n) is 5.61. The molecule has 1 fully saturated rings. The molecular weight excluding hydrogens is 238 g/mol. The Morgan fingerprint density at radius 2 is 2.26 bits per heavy atom. The molecule has 0 saturated carbocycles. The predicted octanol–water partition coefficient (Wildman–Crippen LogP) is 1.98. The van der Waals surface area contributed by atoms with Crippen LogP contribution in [-0.2, 0) is 6.54 Å². The van der Waals surface area contributed by atoms with Crippen LogP contribution in [0.3, 0.4) is 0 Å². The first-order valence-electron chi connectivity index (χ1n) is 7.09. The summed E-state index contributed by atoms with van der Waals surface area (Å²) in [6, 6.07) is 6.16. The van der Waals surface area contributed by atoms with Gasteiger partial charge >= 0.3 is 5.69 Å². The number of rotatable bonds is 3. The van der Waals surface area contributed by atoms with Crippen LogP contribution in [0.25, 0.3) is 11.0 Å². The lowest BCUT2D eigenvalue weighted by Gasteiger charge is -2.13. The zero-order valence-electron chi connectivity index (χ0n) is 11.6. The lowest BCUT2D eigenvalue weighted by Crippen LogP contribution is -2.25. The Labute approximate surface area is 113 Å². The normalized spacial score (nSPS) is 20.4. The van der Waals surface area contributed by atoms with Crippen molar-refractivity contribution in [2.75, 3.05) is 19.6 Å². The SMILES string of the molecule is CCN1CCC(Cn2c(=O)[nH]c3cc(C)ccc32)C1. The Morgan fingerprint density at radius 1 is 1.42 bits per heavy atom. The molecule has 0 bridgehead atoms. The number of hydrogen-bond donors (Lipinski definition) is 1. The van der Waals surface area contributed by atoms with E-state index in [-0.39, 0.29) is 5.69 Å². The van der Waals surface area contributed by atoms with Crippen molar-refractivity contribution >= 4 is 11.0 Å². The maximum atomic E-state index is 12.1. The quantitative estimate of drug-likeness (QED) is 0.915. The van der Waals surface area contributed by atoms with Gasteiger partial charge in [0.2, 0.25) is 0 Å². The van der Waals surface area contributed by atoms with Crippen LogP contribution in [0, 0.1) is 12.8 Å². The zero-order chi connectivity index (χ0) is 13.4. The third-order valence-corrected chi connectivity index (χ3v) is 4.19. The fourth-order valence-electron chi connectivity index (χ4n) is 3.07. The molecule has 1 aromatic carbocycles. The number of likely N-dealkylation sites (tertiary alicyclic amines) is 1. The van der Waals surface area contributed by atoms with E-state index in [1.807, 2.05) is 17.6 Å². The summed E-state index contributed by atoms with van der Waals surface area (Å²) in [6.07, 6.45) is 1.19. The molecule has 1 atom stereocenters. The maximum absolute atomic E-state index is 12.1. The minimum atomic E-state index is 0.0237. The van der Waals surface area contributed by atoms with Crippen molar-refractivity contribution in [2.45, 2.75) is 26.8 Å². The molecule has 102 valence electrons. The Balaban J connectivity index is 1.89. The van der Waals surface area contributed by atoms with Gasteiger partial charge in [0.15, 0.2) is 0 Å². The summed E-state index contributed by atoms with van der Waals surface area (Å²) in [5, 5.41) is 0. The van der Waals surface area contributed by atoms with Gasteiger partial charge in [-0.2, -0.15) is 0 Å². The van der Waals surface area contributed by atoms with Gasteiger partial charge in [0.05, 0.1) is 11.0 Å². The van der Waals surface area contributed by atoms with Crippen molar-refractivity contribution in [1.82, 2.24) is 14.5 Å². The van der Waals surface area contributed by atoms with Gasteiger partial charge in [0.25, 0.3) is 0 Å². The maximum Gasteiger partial charge on any atom is 0.326 e. The van der Waals surface area contributed by atoms with Crippen LogP contribution in [-0.4, -0.2) is 34.1 Å². The highest BCUT2D eigenvalue weighted by atomic mass is 16.1. The number of imidazole rings is 1. The monoisotopic (exact) mass is 259 g/mol. The van der Waals surface area contributed by atoms with Gasteiger partial charge in [-0.25, -0.2) is 4.79 Å². The summed E-state index contributed by atoms with van der Waals surface area (Å²) in [5.74, 6) is 0.595. The van der Waals surface area contributed by atoms with Gasteiger partial charge < -0.3 is 9.88 Å². The van der Waals surface area contributed by atoms with Crippen molar-refractivity contribution in [3.8, 4) is 0 Å². The summed E-state index contributed by atoms with van der Waals surface area (Å²) >= 11 is 0. The minimum Gasteiger partial charge on any atom is -0.306 e. The highest BCUT2D eigenvalue weighted by molar-refractivity contribution is 5.75. The minimum absolute atomic E-state index is 0.0237. The van der Waals surface area contributed by atoms with Crippen molar-refractivity contribution in [1.29, 1.82) is 0 Å². The van der Waals surface area contributed by atoms with Crippen LogP contribution < -0.4 is 5.69 Å². The standard InChI is InChI=1S/C15H21N3O/c1-3-17-7-6-12(9-17)10-18-14-5-4-11(2)8-13(14)16-15(18)19/h4-5,8,12H,3,6-7,9-10H2,1-2H3,(H,16,19). The predicted molar refractivity (Wildman–Crippen MR) is 77.5 cm³/mol. The van der Waals surface area contributed by atoms with E-state index in [2.05, 4.69) is 28.9 Å². The average molecular weight is 259 g/mol. The molecule has 1 aliphatic rings. The highest BCUT2D eigenvalue weighted by Crippen LogP contribution is 2.19. The van der Waals surface area contributed by atoms with Gasteiger partial charge in [-0.15, -0.1) is 0 Å². The summed E-state index contributed by atoms with van der Waals surface area (Å²) in [7, 11) is 0. The first-order valence-corrected chi connectivity index (χ1v) is 7.09. The Hall–Kier alpha value is -1.55. The fraction of sp³-hybridized carbons (Fsp3) is 0.533. The van der Waals surface area contributed by atoms with Crippen molar-refractivity contribution in [3.05, 3.63) is 34.2 Å². The number of aryl methyl sites for hydroxylation is 1. The number of H-pyrrole nitrogens is 1. The molecule has 1 unspecified atom stereocenters. The number of nitrogens with zero attached hydrogens (tertiary/aromatic N) is 2. The van der Waals surface area contributed by atoms with Crippen molar-refractivity contribution < 1.29 is 0 Å². The van der Waals surface area contributed by atoms with Gasteiger partial charge in [-0.1, -0.05) is 13.0 Å². The van der Waals surface area contributed by atoms with Gasteiger partial charge in [0.1, 0.15) is 0 Å². The Bertz CT molecular complexity index is 640. The van der Waals surface area contributed by atoms with E-state index < -0.39 is 0 Å². The molecule has 0 aliphatic carbocycles. The van der Waals surface area contributed by atoms with Crippen molar-refractivity contribution in [3.63, 3.8) is 0 Å². The van der Waals surface area contributed by atoms with Crippen molar-refractivity contribution in [2.24, 2.45) is 5.92 Å². The summed E-state index contributed by atoms with van der Waals surface area (Å²) < 4.78 is 1.90. The van der Waals surface area contributed by atoms with E-state index >= 15 is 0 Å². The van der Waals surface area contributed by atoms with E-state index in [0.29, 0.717) is 5.92 Å². The zero-order valence-corrected chi connectivity index (χ0v) is 11.6. The molecule has 4 heteroatoms. The number of aromatic amines is 1. The lowest BCUT2D eigenvalue weighted by atomic mass is 10.1. The summed E-state index contributed by atoms with van der Waals surface area (Å²) in [5.41, 5.74) is 3.19. The van der Waals surface area contributed by atoms with Crippen LogP contribution in [0.4, 0.5) is 0 Å². The number of nitrogens with one attached hydrogen (secondary N) is 1. The second kappa shape index (κ2) is 4.85. The van der Waals surface area contributed by atoms with Gasteiger partial charge in [-0.3, -0.25) is 4.57 Å². The largest absolute Gasteiger partial charge is 0.326 e. The third-order valence-electron chi connectivity index (χ3n) is 4.19. The van der Waals surface area contributed by atoms with Crippen LogP contribution in [0.5, 0.6) is 0 Å². The molecule has 2 heterocycles. The number of benzene rings is 1. The molecule has 0 amide bonds. The molecule has 19 heavy (non-hydrogen) atoms. The molecule has 1 aliphatic heterocycles. The molecule has 1 N–H and O–H groups in total. The van der Waals surface area contributed by atoms with Crippen LogP contribution in [0.2, 0.25) is 0 Å². The summed E-state index contributed by atoms with van der Waals surface area (Å²) in [6.45, 7) is 8.46. The van der Waals surface area contributed by atoms with Crippen LogP contribution in [0.15, 0.2) is 23.0 Å². The smallest absolute Gasteiger partial charge is 0.306 e. The Morgan fingerprint density at radius 3 is 3.00 bits per heavy atom. The molecule has 2 aromatic rings. The molecule has 0 spiro atoms. The molecule has 1 saturated heterocycles. The van der Waals surface area contributed by atoms with E-state index in [4.69, 9.17) is 0 Å². The third kappa shape index (κ3) is 2.32. The first kappa shape index (κ1) is 12.5. The van der Waals surface area contributed by atoms with Gasteiger partial charge in [-0.05, 0) is 50.0 Å². The van der Waals surface area contributed by atoms with Gasteiger partial charge in [0, 0.05) is 13.1 Å². The topological polar surface area (TPSA) is 41.0 Å². The van der Waals surface area contributed by atoms with Crippen LogP contribution in [0.1, 0.15) is 18.9 Å². The van der Waals surface area contributed by atoms with E-state index in [1.54, 1.807) is 0 Å². The number of fused-ring (bicyclic) bond motifs is 1. The lowest BCUT2D eigenvalue weighted by molar-refractivity contribution is 0.333. The summed E-state index contributed by atoms with van der Waals surface area (Å²) in [4.78, 5) is 17.5. The van der Waals surface area contributed by atoms with E-state index in [1.165, 1.54) is 12.0 Å². The van der Waals surface area contributed by atoms with E-state index in [0.717, 1.165) is 37.2 Å². The van der Waals surface area contributed by atoms with E-state index in [9.17, 15) is 4.79 Å². The fourth-order valence-corrected chi connectivity index (χ4v) is 3.07. The average Bonchev–Trinajstić information content (AvgIpc) is 2.95. The van der Waals surface area contributed by atoms with Crippen LogP contribution >= 0.6 is 0 Å². The molecule has 0 radical (unpaired) electrons. The highest BCUT2D eigenvalue weighted by Gasteiger charge is 2.22. The number of hydrogen-bond acceptors (Lipinski definition) is 2. The Kier molecular flexibility index (Phi) is 3.19. The molecule has 3 rings (SSSR count). The first-order chi connectivity index (χ1) is 9.17. The second-order valence-corrected chi connectivity index (χ2v) is 5.61. The molecular formula is C15H21N3O. The molecule has 4 nitrogen and oxygen atoms in total. The molecule has 1 aromatic heterocycles. The number of aromatic nitrogens is 2.